The Morgan fingerprint density at radius 1 is 1.30 bits per heavy atom. The molecule has 0 radical (unpaired) electrons. The zero-order valence-corrected chi connectivity index (χ0v) is 12.7. The van der Waals surface area contributed by atoms with Gasteiger partial charge in [-0.25, -0.2) is 13.2 Å². The fourth-order valence-corrected chi connectivity index (χ4v) is 3.93. The molecule has 1 aromatic heterocycles. The summed E-state index contributed by atoms with van der Waals surface area (Å²) in [5.74, 6) is -1.15. The van der Waals surface area contributed by atoms with E-state index >= 15 is 0 Å². The molecule has 0 fully saturated rings. The van der Waals surface area contributed by atoms with Gasteiger partial charge in [0.1, 0.15) is 4.88 Å². The minimum Gasteiger partial charge on any atom is -0.477 e. The third kappa shape index (κ3) is 2.79. The summed E-state index contributed by atoms with van der Waals surface area (Å²) in [6.45, 7) is 0. The molecule has 0 aliphatic rings. The Morgan fingerprint density at radius 3 is 2.40 bits per heavy atom. The van der Waals surface area contributed by atoms with Gasteiger partial charge in [-0.2, -0.15) is 0 Å². The van der Waals surface area contributed by atoms with Crippen molar-refractivity contribution in [1.82, 2.24) is 0 Å². The molecule has 0 saturated heterocycles. The Balaban J connectivity index is 2.38. The van der Waals surface area contributed by atoms with E-state index in [1.165, 1.54) is 12.4 Å². The maximum absolute atomic E-state index is 12.4. The second kappa shape index (κ2) is 5.43. The molecule has 0 aliphatic carbocycles. The van der Waals surface area contributed by atoms with E-state index < -0.39 is 16.0 Å². The van der Waals surface area contributed by atoms with Crippen molar-refractivity contribution in [3.05, 3.63) is 45.6 Å². The molecule has 0 amide bonds. The summed E-state index contributed by atoms with van der Waals surface area (Å²) in [4.78, 5) is 10.7. The molecule has 1 heterocycles. The first-order valence-corrected chi connectivity index (χ1v) is 8.08. The van der Waals surface area contributed by atoms with Gasteiger partial charge in [-0.05, 0) is 30.3 Å². The number of halogens is 1. The number of hydrogen-bond acceptors (Lipinski definition) is 4. The Hall–Kier alpha value is -1.57. The average Bonchev–Trinajstić information content (AvgIpc) is 2.89. The molecular formula is C12H10ClNO4S2. The fraction of sp³-hybridized carbons (Fsp3) is 0.0833. The van der Waals surface area contributed by atoms with Gasteiger partial charge in [0.05, 0.1) is 10.6 Å². The highest BCUT2D eigenvalue weighted by Crippen LogP contribution is 2.26. The van der Waals surface area contributed by atoms with Crippen molar-refractivity contribution in [2.45, 2.75) is 4.90 Å². The maximum Gasteiger partial charge on any atom is 0.345 e. The lowest BCUT2D eigenvalue weighted by Gasteiger charge is -2.18. The molecule has 106 valence electrons. The van der Waals surface area contributed by atoms with Crippen LogP contribution in [0.25, 0.3) is 0 Å². The number of hydrogen-bond donors (Lipinski definition) is 1. The summed E-state index contributed by atoms with van der Waals surface area (Å²) in [5.41, 5.74) is 0.442. The fourth-order valence-electron chi connectivity index (χ4n) is 1.51. The largest absolute Gasteiger partial charge is 0.477 e. The zero-order chi connectivity index (χ0) is 14.9. The Bertz CT molecular complexity index is 737. The number of nitrogens with zero attached hydrogens (tertiary/aromatic N) is 1. The van der Waals surface area contributed by atoms with E-state index in [0.29, 0.717) is 10.7 Å². The Kier molecular flexibility index (Phi) is 4.03. The molecular weight excluding hydrogens is 322 g/mol. The molecule has 1 N–H and O–H groups in total. The van der Waals surface area contributed by atoms with E-state index in [1.807, 2.05) is 0 Å². The van der Waals surface area contributed by atoms with Gasteiger partial charge in [0.25, 0.3) is 10.0 Å². The van der Waals surface area contributed by atoms with Crippen molar-refractivity contribution in [3.8, 4) is 0 Å². The number of rotatable bonds is 4. The number of aromatic carboxylic acids is 1. The van der Waals surface area contributed by atoms with Gasteiger partial charge >= 0.3 is 5.97 Å². The molecule has 0 bridgehead atoms. The van der Waals surface area contributed by atoms with Gasteiger partial charge in [0.2, 0.25) is 0 Å². The van der Waals surface area contributed by atoms with Crippen LogP contribution in [0.3, 0.4) is 0 Å². The highest BCUT2D eigenvalue weighted by atomic mass is 35.5. The predicted octanol–water partition coefficient (Wildman–Crippen LogP) is 2.92. The minimum atomic E-state index is -3.78. The van der Waals surface area contributed by atoms with Crippen molar-refractivity contribution in [1.29, 1.82) is 0 Å². The third-order valence-corrected chi connectivity index (χ3v) is 5.72. The molecule has 2 aromatic rings. The SMILES string of the molecule is CN(c1ccc(Cl)cc1)S(=O)(=O)c1csc(C(=O)O)c1. The van der Waals surface area contributed by atoms with Crippen LogP contribution < -0.4 is 4.31 Å². The van der Waals surface area contributed by atoms with Crippen LogP contribution >= 0.6 is 22.9 Å². The second-order valence-electron chi connectivity index (χ2n) is 3.90. The van der Waals surface area contributed by atoms with Gasteiger partial charge in [0, 0.05) is 17.5 Å². The first kappa shape index (κ1) is 14.8. The van der Waals surface area contributed by atoms with Crippen LogP contribution in [0, 0.1) is 0 Å². The van der Waals surface area contributed by atoms with E-state index in [-0.39, 0.29) is 9.77 Å². The predicted molar refractivity (Wildman–Crippen MR) is 78.3 cm³/mol. The topological polar surface area (TPSA) is 74.7 Å². The average molecular weight is 332 g/mol. The van der Waals surface area contributed by atoms with Crippen LogP contribution in [0.5, 0.6) is 0 Å². The van der Waals surface area contributed by atoms with Crippen molar-refractivity contribution < 1.29 is 18.3 Å². The van der Waals surface area contributed by atoms with Crippen LogP contribution in [0.15, 0.2) is 40.6 Å². The number of carbonyl (C=O) groups is 1. The summed E-state index contributed by atoms with van der Waals surface area (Å²) in [7, 11) is -2.38. The number of carboxylic acids is 1. The first-order valence-electron chi connectivity index (χ1n) is 5.38. The minimum absolute atomic E-state index is 0.0203. The van der Waals surface area contributed by atoms with Crippen molar-refractivity contribution >= 4 is 44.6 Å². The number of sulfonamides is 1. The van der Waals surface area contributed by atoms with E-state index in [0.717, 1.165) is 21.7 Å². The van der Waals surface area contributed by atoms with Gasteiger partial charge in [0.15, 0.2) is 0 Å². The van der Waals surface area contributed by atoms with Crippen LogP contribution in [-0.2, 0) is 10.0 Å². The molecule has 1 aromatic carbocycles. The maximum atomic E-state index is 12.4. The van der Waals surface area contributed by atoms with E-state index in [9.17, 15) is 13.2 Å². The van der Waals surface area contributed by atoms with Crippen LogP contribution in [0.4, 0.5) is 5.69 Å². The van der Waals surface area contributed by atoms with Gasteiger partial charge in [-0.3, -0.25) is 4.31 Å². The number of anilines is 1. The molecule has 20 heavy (non-hydrogen) atoms. The van der Waals surface area contributed by atoms with Crippen LogP contribution in [-0.4, -0.2) is 26.5 Å². The van der Waals surface area contributed by atoms with Crippen molar-refractivity contribution in [2.24, 2.45) is 0 Å². The summed E-state index contributed by atoms with van der Waals surface area (Å²) in [6, 6.07) is 7.46. The van der Waals surface area contributed by atoms with E-state index in [2.05, 4.69) is 0 Å². The Labute approximate surface area is 125 Å². The first-order chi connectivity index (χ1) is 9.32. The molecule has 8 heteroatoms. The van der Waals surface area contributed by atoms with Crippen LogP contribution in [0.1, 0.15) is 9.67 Å². The van der Waals surface area contributed by atoms with Gasteiger partial charge in [-0.1, -0.05) is 11.6 Å². The lowest BCUT2D eigenvalue weighted by molar-refractivity contribution is 0.0702. The van der Waals surface area contributed by atoms with E-state index in [4.69, 9.17) is 16.7 Å². The summed E-state index contributed by atoms with van der Waals surface area (Å²) < 4.78 is 25.8. The summed E-state index contributed by atoms with van der Waals surface area (Å²) >= 11 is 6.63. The highest BCUT2D eigenvalue weighted by molar-refractivity contribution is 7.93. The van der Waals surface area contributed by atoms with Crippen LogP contribution in [0.2, 0.25) is 5.02 Å². The highest BCUT2D eigenvalue weighted by Gasteiger charge is 2.23. The quantitative estimate of drug-likeness (QED) is 0.934. The molecule has 0 unspecified atom stereocenters. The normalized spacial score (nSPS) is 11.3. The molecule has 0 aliphatic heterocycles. The smallest absolute Gasteiger partial charge is 0.345 e. The number of thiophene rings is 1. The summed E-state index contributed by atoms with van der Waals surface area (Å²) in [6.07, 6.45) is 0. The number of carboxylic acid groups (broad SMARTS) is 1. The Morgan fingerprint density at radius 2 is 1.90 bits per heavy atom. The molecule has 5 nitrogen and oxygen atoms in total. The van der Waals surface area contributed by atoms with Gasteiger partial charge in [-0.15, -0.1) is 11.3 Å². The molecule has 0 saturated carbocycles. The standard InChI is InChI=1S/C12H10ClNO4S2/c1-14(9-4-2-8(13)3-5-9)20(17,18)10-6-11(12(15)16)19-7-10/h2-7H,1H3,(H,15,16). The zero-order valence-electron chi connectivity index (χ0n) is 10.3. The lowest BCUT2D eigenvalue weighted by Crippen LogP contribution is -2.26. The molecule has 0 spiro atoms. The third-order valence-electron chi connectivity index (χ3n) is 2.63. The molecule has 0 atom stereocenters. The van der Waals surface area contributed by atoms with E-state index in [1.54, 1.807) is 24.3 Å². The van der Waals surface area contributed by atoms with Gasteiger partial charge < -0.3 is 5.11 Å². The monoisotopic (exact) mass is 331 g/mol. The summed E-state index contributed by atoms with van der Waals surface area (Å²) in [5, 5.41) is 10.7. The van der Waals surface area contributed by atoms with Crippen molar-refractivity contribution in [2.75, 3.05) is 11.4 Å². The second-order valence-corrected chi connectivity index (χ2v) is 7.22. The van der Waals surface area contributed by atoms with Crippen molar-refractivity contribution in [3.63, 3.8) is 0 Å². The number of benzene rings is 1. The lowest BCUT2D eigenvalue weighted by atomic mass is 10.3. The molecule has 2 rings (SSSR count).